The first kappa shape index (κ1) is 30.4. The number of rotatable bonds is 0. The van der Waals surface area contributed by atoms with Crippen LogP contribution >= 0.6 is 48.0 Å². The van der Waals surface area contributed by atoms with Crippen LogP contribution in [0.15, 0.2) is 0 Å². The van der Waals surface area contributed by atoms with Gasteiger partial charge in [-0.15, -0.1) is 48.0 Å². The molecular formula is C4H14I2O2Ti. The van der Waals surface area contributed by atoms with Crippen LogP contribution in [0.1, 0.15) is 13.8 Å². The summed E-state index contributed by atoms with van der Waals surface area (Å²) in [4.78, 5) is 0. The second-order valence-electron chi connectivity index (χ2n) is 0.632. The van der Waals surface area contributed by atoms with Gasteiger partial charge in [-0.3, -0.25) is 0 Å². The molecule has 5 heteroatoms. The van der Waals surface area contributed by atoms with Gasteiger partial charge in [0.15, 0.2) is 0 Å². The molecule has 0 aliphatic carbocycles. The molecule has 0 radical (unpaired) electrons. The molecule has 0 aromatic heterocycles. The van der Waals surface area contributed by atoms with E-state index in [9.17, 15) is 0 Å². The fraction of sp³-hybridized carbons (Fsp3) is 1.00. The predicted molar refractivity (Wildman–Crippen MR) is 56.3 cm³/mol. The molecule has 0 heterocycles. The summed E-state index contributed by atoms with van der Waals surface area (Å²) in [5.41, 5.74) is 0. The quantitative estimate of drug-likeness (QED) is 0.478. The molecule has 2 N–H and O–H groups in total. The van der Waals surface area contributed by atoms with Crippen LogP contribution in [-0.2, 0) is 21.7 Å². The van der Waals surface area contributed by atoms with Crippen LogP contribution in [-0.4, -0.2) is 23.4 Å². The maximum atomic E-state index is 7.57. The predicted octanol–water partition coefficient (Wildman–Crippen LogP) is 1.23. The van der Waals surface area contributed by atoms with Crippen molar-refractivity contribution in [2.45, 2.75) is 13.8 Å². The smallest absolute Gasteiger partial charge is 0.0402 e. The molecule has 2 nitrogen and oxygen atoms in total. The maximum absolute atomic E-state index is 7.57. The summed E-state index contributed by atoms with van der Waals surface area (Å²) in [6.07, 6.45) is 0. The van der Waals surface area contributed by atoms with E-state index >= 15 is 0 Å². The van der Waals surface area contributed by atoms with Crippen LogP contribution in [0, 0.1) is 0 Å². The summed E-state index contributed by atoms with van der Waals surface area (Å²) in [7, 11) is 0. The van der Waals surface area contributed by atoms with E-state index in [0.29, 0.717) is 0 Å². The zero-order valence-corrected chi connectivity index (χ0v) is 11.8. The Bertz CT molecular complexity index is 18.5. The van der Waals surface area contributed by atoms with Crippen molar-refractivity contribution in [3.63, 3.8) is 0 Å². The van der Waals surface area contributed by atoms with Gasteiger partial charge in [0.1, 0.15) is 0 Å². The Morgan fingerprint density at radius 2 is 0.889 bits per heavy atom. The summed E-state index contributed by atoms with van der Waals surface area (Å²) in [6, 6.07) is 0. The van der Waals surface area contributed by atoms with Gasteiger partial charge in [0.25, 0.3) is 0 Å². The summed E-state index contributed by atoms with van der Waals surface area (Å²) in [5.74, 6) is 0. The Balaban J connectivity index is -0.00000000889. The molecule has 0 atom stereocenters. The molecule has 0 saturated carbocycles. The van der Waals surface area contributed by atoms with E-state index in [4.69, 9.17) is 10.2 Å². The van der Waals surface area contributed by atoms with Crippen molar-refractivity contribution in [3.8, 4) is 0 Å². The average Bonchev–Trinajstić information content (AvgIpc) is 1.39. The first-order valence-electron chi connectivity index (χ1n) is 2.05. The Hall–Kier alpha value is 2.09. The van der Waals surface area contributed by atoms with E-state index in [1.54, 1.807) is 13.8 Å². The van der Waals surface area contributed by atoms with Crippen molar-refractivity contribution in [1.29, 1.82) is 0 Å². The molecule has 0 aliphatic heterocycles. The summed E-state index contributed by atoms with van der Waals surface area (Å²) < 4.78 is 0. The van der Waals surface area contributed by atoms with E-state index in [-0.39, 0.29) is 82.9 Å². The number of aliphatic hydroxyl groups is 2. The number of hydrogen-bond donors (Lipinski definition) is 2. The summed E-state index contributed by atoms with van der Waals surface area (Å²) in [6.45, 7) is 3.86. The molecule has 0 fully saturated rings. The molecule has 0 aromatic carbocycles. The van der Waals surface area contributed by atoms with E-state index in [2.05, 4.69) is 0 Å². The first-order chi connectivity index (χ1) is 2.83. The van der Waals surface area contributed by atoms with Crippen LogP contribution < -0.4 is 0 Å². The van der Waals surface area contributed by atoms with Crippen molar-refractivity contribution >= 4 is 48.0 Å². The van der Waals surface area contributed by atoms with Gasteiger partial charge in [-0.1, -0.05) is 0 Å². The Kier molecular flexibility index (Phi) is 168. The van der Waals surface area contributed by atoms with Crippen LogP contribution in [0.5, 0.6) is 0 Å². The summed E-state index contributed by atoms with van der Waals surface area (Å²) >= 11 is 0. The van der Waals surface area contributed by atoms with E-state index in [0.717, 1.165) is 0 Å². The molecule has 0 aromatic rings. The van der Waals surface area contributed by atoms with Crippen molar-refractivity contribution in [1.82, 2.24) is 0 Å². The minimum absolute atomic E-state index is 0. The van der Waals surface area contributed by atoms with Crippen molar-refractivity contribution in [2.75, 3.05) is 13.2 Å². The molecule has 0 rings (SSSR count). The fourth-order valence-corrected chi connectivity index (χ4v) is 0. The Labute approximate surface area is 106 Å². The maximum Gasteiger partial charge on any atom is 0.0402 e. The fourth-order valence-electron chi connectivity index (χ4n) is 0. The normalized spacial score (nSPS) is 4.00. The number of aliphatic hydroxyl groups excluding tert-OH is 2. The van der Waals surface area contributed by atoms with E-state index in [1.165, 1.54) is 0 Å². The van der Waals surface area contributed by atoms with Gasteiger partial charge in [0.2, 0.25) is 0 Å². The minimum atomic E-state index is 0. The Morgan fingerprint density at radius 1 is 0.889 bits per heavy atom. The average molecular weight is 396 g/mol. The molecule has 0 unspecified atom stereocenters. The Morgan fingerprint density at radius 3 is 0.889 bits per heavy atom. The second-order valence-corrected chi connectivity index (χ2v) is 0.632. The van der Waals surface area contributed by atoms with Gasteiger partial charge in [-0.25, -0.2) is 0 Å². The third-order valence-electron chi connectivity index (χ3n) is 0. The van der Waals surface area contributed by atoms with Crippen LogP contribution in [0.3, 0.4) is 0 Å². The van der Waals surface area contributed by atoms with Crippen molar-refractivity contribution < 1.29 is 31.9 Å². The third-order valence-corrected chi connectivity index (χ3v) is 0. The largest absolute Gasteiger partial charge is 0.397 e. The minimum Gasteiger partial charge on any atom is -0.397 e. The first-order valence-corrected chi connectivity index (χ1v) is 2.05. The molecule has 60 valence electrons. The van der Waals surface area contributed by atoms with E-state index < -0.39 is 0 Å². The van der Waals surface area contributed by atoms with Crippen molar-refractivity contribution in [3.05, 3.63) is 0 Å². The van der Waals surface area contributed by atoms with Gasteiger partial charge in [-0.2, -0.15) is 0 Å². The van der Waals surface area contributed by atoms with Crippen LogP contribution in [0.25, 0.3) is 0 Å². The van der Waals surface area contributed by atoms with Gasteiger partial charge < -0.3 is 10.2 Å². The number of hydrogen-bond acceptors (Lipinski definition) is 2. The van der Waals surface area contributed by atoms with Crippen LogP contribution in [0.4, 0.5) is 0 Å². The molecule has 0 amide bonds. The third kappa shape index (κ3) is 151. The zero-order valence-electron chi connectivity index (χ0n) is 5.63. The molecule has 0 aliphatic rings. The van der Waals surface area contributed by atoms with Gasteiger partial charge in [-0.05, 0) is 13.8 Å². The molecule has 0 bridgehead atoms. The molecule has 0 saturated heterocycles. The molecular weight excluding hydrogens is 382 g/mol. The number of halogens is 2. The monoisotopic (exact) mass is 396 g/mol. The van der Waals surface area contributed by atoms with Gasteiger partial charge in [0, 0.05) is 34.9 Å². The SMILES string of the molecule is CCO.CCO.I.I.[Ti]. The second kappa shape index (κ2) is 49.8. The van der Waals surface area contributed by atoms with Gasteiger partial charge in [0.05, 0.1) is 0 Å². The topological polar surface area (TPSA) is 40.5 Å². The summed E-state index contributed by atoms with van der Waals surface area (Å²) in [5, 5.41) is 15.1. The molecule has 9 heavy (non-hydrogen) atoms. The zero-order chi connectivity index (χ0) is 5.41. The molecule has 0 spiro atoms. The van der Waals surface area contributed by atoms with Crippen molar-refractivity contribution in [2.24, 2.45) is 0 Å². The van der Waals surface area contributed by atoms with E-state index in [1.807, 2.05) is 0 Å². The van der Waals surface area contributed by atoms with Gasteiger partial charge >= 0.3 is 0 Å². The van der Waals surface area contributed by atoms with Crippen LogP contribution in [0.2, 0.25) is 0 Å². The standard InChI is InChI=1S/2C2H6O.2HI.Ti/c2*1-2-3;;;/h2*3H,2H2,1H3;2*1H;.